The van der Waals surface area contributed by atoms with Crippen LogP contribution in [0.1, 0.15) is 91.5 Å². The maximum atomic E-state index is 11.6. The Morgan fingerprint density at radius 1 is 0.812 bits per heavy atom. The average molecular weight is 443 g/mol. The topological polar surface area (TPSA) is 116 Å². The number of carboxylic acids is 1. The van der Waals surface area contributed by atoms with Crippen LogP contribution in [-0.4, -0.2) is 23.7 Å². The van der Waals surface area contributed by atoms with Gasteiger partial charge in [0.1, 0.15) is 0 Å². The van der Waals surface area contributed by atoms with E-state index in [2.05, 4.69) is 13.8 Å². The molecule has 5 N–H and O–H groups in total. The molecule has 0 aliphatic rings. The van der Waals surface area contributed by atoms with Gasteiger partial charge in [0.15, 0.2) is 0 Å². The summed E-state index contributed by atoms with van der Waals surface area (Å²) in [5.41, 5.74) is 14.0. The summed E-state index contributed by atoms with van der Waals surface area (Å²) in [6.07, 6.45) is 9.93. The number of nitrogens with two attached hydrogens (primary N) is 2. The molecule has 0 aliphatic carbocycles. The van der Waals surface area contributed by atoms with Crippen LogP contribution < -0.4 is 11.5 Å². The summed E-state index contributed by atoms with van der Waals surface area (Å²) >= 11 is 0. The average Bonchev–Trinajstić information content (AvgIpc) is 2.78. The highest BCUT2D eigenvalue weighted by atomic mass is 16.5. The first-order chi connectivity index (χ1) is 15.4. The predicted octanol–water partition coefficient (Wildman–Crippen LogP) is 6.10. The van der Waals surface area contributed by atoms with E-state index in [9.17, 15) is 9.59 Å². The summed E-state index contributed by atoms with van der Waals surface area (Å²) in [6, 6.07) is 12.2. The van der Waals surface area contributed by atoms with E-state index in [1.807, 2.05) is 6.07 Å². The van der Waals surface area contributed by atoms with Gasteiger partial charge in [0.2, 0.25) is 0 Å². The van der Waals surface area contributed by atoms with Crippen molar-refractivity contribution < 1.29 is 19.4 Å². The molecule has 0 radical (unpaired) electrons. The van der Waals surface area contributed by atoms with Crippen LogP contribution in [0.4, 0.5) is 11.4 Å². The Morgan fingerprint density at radius 3 is 2.06 bits per heavy atom. The molecule has 6 heteroatoms. The highest BCUT2D eigenvalue weighted by Gasteiger charge is 2.10. The zero-order valence-corrected chi connectivity index (χ0v) is 19.4. The maximum absolute atomic E-state index is 11.6. The normalized spacial score (nSPS) is 10.2. The molecule has 2 aromatic rings. The maximum Gasteiger partial charge on any atom is 0.340 e. The van der Waals surface area contributed by atoms with Crippen molar-refractivity contribution in [3.63, 3.8) is 0 Å². The third-order valence-corrected chi connectivity index (χ3v) is 5.14. The zero-order chi connectivity index (χ0) is 23.8. The second kappa shape index (κ2) is 15.7. The Hall–Kier alpha value is -3.02. The number of aromatic carboxylic acids is 1. The molecule has 0 atom stereocenters. The molecule has 2 rings (SSSR count). The van der Waals surface area contributed by atoms with E-state index in [1.165, 1.54) is 32.1 Å². The second-order valence-electron chi connectivity index (χ2n) is 7.78. The highest BCUT2D eigenvalue weighted by Crippen LogP contribution is 2.20. The first-order valence-corrected chi connectivity index (χ1v) is 11.5. The Labute approximate surface area is 192 Å². The summed E-state index contributed by atoms with van der Waals surface area (Å²) in [4.78, 5) is 22.5. The molecule has 0 aliphatic heterocycles. The van der Waals surface area contributed by atoms with Crippen LogP contribution in [0.25, 0.3) is 0 Å². The van der Waals surface area contributed by atoms with Crippen LogP contribution in [0.2, 0.25) is 0 Å². The van der Waals surface area contributed by atoms with Crippen LogP contribution in [0.15, 0.2) is 42.5 Å². The van der Waals surface area contributed by atoms with Gasteiger partial charge in [0.25, 0.3) is 0 Å². The van der Waals surface area contributed by atoms with Gasteiger partial charge < -0.3 is 21.3 Å². The predicted molar refractivity (Wildman–Crippen MR) is 131 cm³/mol. The minimum Gasteiger partial charge on any atom is -0.478 e. The van der Waals surface area contributed by atoms with Crippen molar-refractivity contribution >= 4 is 23.3 Å². The van der Waals surface area contributed by atoms with Gasteiger partial charge >= 0.3 is 11.9 Å². The number of carboxylic acid groups (broad SMARTS) is 1. The lowest BCUT2D eigenvalue weighted by Gasteiger charge is -2.07. The van der Waals surface area contributed by atoms with Crippen molar-refractivity contribution in [2.75, 3.05) is 18.1 Å². The van der Waals surface area contributed by atoms with Gasteiger partial charge in [-0.15, -0.1) is 0 Å². The fourth-order valence-corrected chi connectivity index (χ4v) is 3.21. The molecule has 0 fully saturated rings. The smallest absolute Gasteiger partial charge is 0.340 e. The molecule has 0 heterocycles. The van der Waals surface area contributed by atoms with E-state index in [1.54, 1.807) is 36.4 Å². The zero-order valence-electron chi connectivity index (χ0n) is 19.4. The molecule has 176 valence electrons. The van der Waals surface area contributed by atoms with Gasteiger partial charge in [-0.3, -0.25) is 0 Å². The molecule has 32 heavy (non-hydrogen) atoms. The SMILES string of the molecule is CCCCCCOC(=O)c1ccccc1N.CCCCCCc1cccc(C(=O)O)c1N. The summed E-state index contributed by atoms with van der Waals surface area (Å²) in [7, 11) is 0. The highest BCUT2D eigenvalue weighted by molar-refractivity contribution is 5.95. The lowest BCUT2D eigenvalue weighted by molar-refractivity contribution is 0.0498. The van der Waals surface area contributed by atoms with Crippen LogP contribution in [0.5, 0.6) is 0 Å². The number of hydrogen-bond donors (Lipinski definition) is 3. The van der Waals surface area contributed by atoms with Crippen LogP contribution in [-0.2, 0) is 11.2 Å². The van der Waals surface area contributed by atoms with E-state index < -0.39 is 5.97 Å². The lowest BCUT2D eigenvalue weighted by atomic mass is 10.0. The van der Waals surface area contributed by atoms with E-state index in [-0.39, 0.29) is 11.5 Å². The fraction of sp³-hybridized carbons (Fsp3) is 0.462. The molecule has 0 bridgehead atoms. The minimum absolute atomic E-state index is 0.216. The van der Waals surface area contributed by atoms with Crippen molar-refractivity contribution in [2.45, 2.75) is 71.6 Å². The summed E-state index contributed by atoms with van der Waals surface area (Å²) in [5.74, 6) is -1.28. The molecule has 0 aromatic heterocycles. The third-order valence-electron chi connectivity index (χ3n) is 5.14. The summed E-state index contributed by atoms with van der Waals surface area (Å²) < 4.78 is 5.14. The minimum atomic E-state index is -0.951. The van der Waals surface area contributed by atoms with Gasteiger partial charge in [-0.2, -0.15) is 0 Å². The van der Waals surface area contributed by atoms with E-state index in [0.717, 1.165) is 31.2 Å². The molecular formula is C26H38N2O4. The van der Waals surface area contributed by atoms with Gasteiger partial charge in [-0.25, -0.2) is 9.59 Å². The molecule has 0 amide bonds. The molecule has 0 saturated carbocycles. The van der Waals surface area contributed by atoms with E-state index in [0.29, 0.717) is 23.5 Å². The first kappa shape index (κ1) is 27.0. The number of carbonyl (C=O) groups excluding carboxylic acids is 1. The molecule has 2 aromatic carbocycles. The summed E-state index contributed by atoms with van der Waals surface area (Å²) in [5, 5.41) is 8.92. The number of hydrogen-bond acceptors (Lipinski definition) is 5. The van der Waals surface area contributed by atoms with Crippen molar-refractivity contribution in [3.8, 4) is 0 Å². The monoisotopic (exact) mass is 442 g/mol. The number of aryl methyl sites for hydroxylation is 1. The number of para-hydroxylation sites is 2. The Morgan fingerprint density at radius 2 is 1.44 bits per heavy atom. The van der Waals surface area contributed by atoms with Crippen molar-refractivity contribution in [2.24, 2.45) is 0 Å². The quantitative estimate of drug-likeness (QED) is 0.208. The van der Waals surface area contributed by atoms with Crippen molar-refractivity contribution in [3.05, 3.63) is 59.2 Å². The molecule has 0 spiro atoms. The Kier molecular flexibility index (Phi) is 13.3. The van der Waals surface area contributed by atoms with Crippen molar-refractivity contribution in [1.82, 2.24) is 0 Å². The number of rotatable bonds is 12. The van der Waals surface area contributed by atoms with Crippen LogP contribution in [0.3, 0.4) is 0 Å². The summed E-state index contributed by atoms with van der Waals surface area (Å²) in [6.45, 7) is 4.79. The second-order valence-corrected chi connectivity index (χ2v) is 7.78. The number of nitrogen functional groups attached to an aromatic ring is 2. The Balaban J connectivity index is 0.000000320. The molecule has 6 nitrogen and oxygen atoms in total. The number of esters is 1. The Bertz CT molecular complexity index is 836. The third kappa shape index (κ3) is 9.86. The van der Waals surface area contributed by atoms with Crippen LogP contribution >= 0.6 is 0 Å². The van der Waals surface area contributed by atoms with Crippen LogP contribution in [0, 0.1) is 0 Å². The van der Waals surface area contributed by atoms with Gasteiger partial charge in [-0.05, 0) is 43.0 Å². The van der Waals surface area contributed by atoms with Gasteiger partial charge in [-0.1, -0.05) is 76.6 Å². The van der Waals surface area contributed by atoms with E-state index >= 15 is 0 Å². The number of benzene rings is 2. The number of anilines is 2. The molecule has 0 unspecified atom stereocenters. The lowest BCUT2D eigenvalue weighted by Crippen LogP contribution is -2.08. The fourth-order valence-electron chi connectivity index (χ4n) is 3.21. The number of unbranched alkanes of at least 4 members (excludes halogenated alkanes) is 6. The molecule has 0 saturated heterocycles. The largest absolute Gasteiger partial charge is 0.478 e. The van der Waals surface area contributed by atoms with Gasteiger partial charge in [0, 0.05) is 11.4 Å². The van der Waals surface area contributed by atoms with E-state index in [4.69, 9.17) is 21.3 Å². The van der Waals surface area contributed by atoms with Gasteiger partial charge in [0.05, 0.1) is 17.7 Å². The van der Waals surface area contributed by atoms with Crippen molar-refractivity contribution in [1.29, 1.82) is 0 Å². The number of ether oxygens (including phenoxy) is 1. The number of carbonyl (C=O) groups is 2. The first-order valence-electron chi connectivity index (χ1n) is 11.5. The molecular weight excluding hydrogens is 404 g/mol. The standard InChI is InChI=1S/2C13H19NO2/c1-2-3-4-7-10-16-13(15)11-8-5-6-9-12(11)14;1-2-3-4-5-7-10-8-6-9-11(12(10)14)13(15)16/h5-6,8-9H,2-4,7,10,14H2,1H3;6,8-9H,2-5,7,14H2,1H3,(H,15,16).